The molecule has 128 valence electrons. The van der Waals surface area contributed by atoms with Crippen LogP contribution in [0.1, 0.15) is 72.3 Å². The fraction of sp³-hybridized carbons (Fsp3) is 0.667. The Morgan fingerprint density at radius 3 is 1.68 bits per heavy atom. The molecule has 0 saturated carbocycles. The molecule has 0 unspecified atom stereocenters. The van der Waals surface area contributed by atoms with Gasteiger partial charge in [-0.1, -0.05) is 34.6 Å². The SMILES string of the molecule is CC.CC.CCCn1nccc1C.Cc1ccnn1C(C)C. The smallest absolute Gasteiger partial charge is 0.0492 e. The molecule has 2 aromatic heterocycles. The van der Waals surface area contributed by atoms with Crippen molar-refractivity contribution >= 4 is 0 Å². The third-order valence-corrected chi connectivity index (χ3v) is 2.72. The molecule has 0 aliphatic heterocycles. The van der Waals surface area contributed by atoms with Crippen LogP contribution in [0.5, 0.6) is 0 Å². The summed E-state index contributed by atoms with van der Waals surface area (Å²) in [4.78, 5) is 0. The van der Waals surface area contributed by atoms with Gasteiger partial charge in [0.15, 0.2) is 0 Å². The third kappa shape index (κ3) is 8.65. The quantitative estimate of drug-likeness (QED) is 0.758. The van der Waals surface area contributed by atoms with Gasteiger partial charge in [0.2, 0.25) is 0 Å². The number of rotatable bonds is 3. The van der Waals surface area contributed by atoms with Crippen LogP contribution in [-0.2, 0) is 6.54 Å². The molecule has 0 aliphatic rings. The molecule has 0 spiro atoms. The maximum atomic E-state index is 4.13. The molecule has 22 heavy (non-hydrogen) atoms. The van der Waals surface area contributed by atoms with Crippen LogP contribution in [0.2, 0.25) is 0 Å². The van der Waals surface area contributed by atoms with Crippen LogP contribution in [-0.4, -0.2) is 19.6 Å². The average molecular weight is 309 g/mol. The van der Waals surface area contributed by atoms with Gasteiger partial charge in [-0.15, -0.1) is 0 Å². The fourth-order valence-corrected chi connectivity index (χ4v) is 1.77. The molecule has 0 bridgehead atoms. The molecule has 2 aromatic rings. The maximum absolute atomic E-state index is 4.13. The second-order valence-electron chi connectivity index (χ2n) is 4.71. The van der Waals surface area contributed by atoms with Crippen molar-refractivity contribution in [2.75, 3.05) is 0 Å². The molecule has 0 N–H and O–H groups in total. The lowest BCUT2D eigenvalue weighted by molar-refractivity contribution is 0.519. The molecule has 2 rings (SSSR count). The normalized spacial score (nSPS) is 9.00. The number of hydrogen-bond donors (Lipinski definition) is 0. The predicted octanol–water partition coefficient (Wildman–Crippen LogP) is 5.43. The van der Waals surface area contributed by atoms with Crippen molar-refractivity contribution in [3.8, 4) is 0 Å². The monoisotopic (exact) mass is 308 g/mol. The van der Waals surface area contributed by atoms with E-state index < -0.39 is 0 Å². The van der Waals surface area contributed by atoms with E-state index in [-0.39, 0.29) is 0 Å². The van der Waals surface area contributed by atoms with Gasteiger partial charge in [0.25, 0.3) is 0 Å². The van der Waals surface area contributed by atoms with Crippen LogP contribution in [0.15, 0.2) is 24.5 Å². The van der Waals surface area contributed by atoms with Gasteiger partial charge in [-0.25, -0.2) is 0 Å². The Kier molecular flexibility index (Phi) is 14.8. The Labute approximate surface area is 137 Å². The van der Waals surface area contributed by atoms with Crippen molar-refractivity contribution < 1.29 is 0 Å². The van der Waals surface area contributed by atoms with Crippen LogP contribution in [0.3, 0.4) is 0 Å². The molecule has 0 radical (unpaired) electrons. The Bertz CT molecular complexity index is 455. The molecule has 0 aliphatic carbocycles. The highest BCUT2D eigenvalue weighted by molar-refractivity contribution is 4.97. The number of aromatic nitrogens is 4. The Morgan fingerprint density at radius 2 is 1.41 bits per heavy atom. The standard InChI is InChI=1S/2C7H12N2.2C2H6/c1-6(2)9-7(3)4-5-8-9;1-3-6-9-7(2)4-5-8-9;2*1-2/h4-6H,1-3H3;4-5H,3,6H2,1-2H3;2*1-2H3. The Balaban J connectivity index is 0. The minimum Gasteiger partial charge on any atom is -0.270 e. The van der Waals surface area contributed by atoms with Crippen molar-refractivity contribution in [3.05, 3.63) is 35.9 Å². The van der Waals surface area contributed by atoms with E-state index in [1.54, 1.807) is 0 Å². The summed E-state index contributed by atoms with van der Waals surface area (Å²) in [5.41, 5.74) is 2.47. The van der Waals surface area contributed by atoms with Crippen molar-refractivity contribution in [1.82, 2.24) is 19.6 Å². The van der Waals surface area contributed by atoms with Crippen LogP contribution in [0, 0.1) is 13.8 Å². The fourth-order valence-electron chi connectivity index (χ4n) is 1.77. The first-order chi connectivity index (χ1) is 10.6. The van der Waals surface area contributed by atoms with Crippen LogP contribution < -0.4 is 0 Å². The summed E-state index contributed by atoms with van der Waals surface area (Å²) in [7, 11) is 0. The summed E-state index contributed by atoms with van der Waals surface area (Å²) in [6.07, 6.45) is 4.82. The predicted molar refractivity (Wildman–Crippen MR) is 97.3 cm³/mol. The van der Waals surface area contributed by atoms with E-state index in [0.717, 1.165) is 13.0 Å². The molecule has 0 saturated heterocycles. The summed E-state index contributed by atoms with van der Waals surface area (Å²) in [6, 6.07) is 4.52. The van der Waals surface area contributed by atoms with E-state index in [4.69, 9.17) is 0 Å². The first kappa shape index (κ1) is 22.7. The van der Waals surface area contributed by atoms with Crippen LogP contribution in [0.25, 0.3) is 0 Å². The summed E-state index contributed by atoms with van der Waals surface area (Å²) >= 11 is 0. The molecule has 0 atom stereocenters. The number of nitrogens with zero attached hydrogens (tertiary/aromatic N) is 4. The van der Waals surface area contributed by atoms with Crippen LogP contribution in [0.4, 0.5) is 0 Å². The molecule has 2 heterocycles. The number of hydrogen-bond acceptors (Lipinski definition) is 2. The largest absolute Gasteiger partial charge is 0.270 e. The van der Waals surface area contributed by atoms with E-state index >= 15 is 0 Å². The van der Waals surface area contributed by atoms with Gasteiger partial charge in [0, 0.05) is 36.4 Å². The van der Waals surface area contributed by atoms with Gasteiger partial charge >= 0.3 is 0 Å². The molecular formula is C18H36N4. The molecule has 0 aromatic carbocycles. The minimum absolute atomic E-state index is 0.486. The third-order valence-electron chi connectivity index (χ3n) is 2.72. The highest BCUT2D eigenvalue weighted by atomic mass is 15.3. The summed E-state index contributed by atoms with van der Waals surface area (Å²) in [5.74, 6) is 0. The zero-order valence-electron chi connectivity index (χ0n) is 16.1. The van der Waals surface area contributed by atoms with Gasteiger partial charge in [-0.3, -0.25) is 9.36 Å². The minimum atomic E-state index is 0.486. The maximum Gasteiger partial charge on any atom is 0.0492 e. The highest BCUT2D eigenvalue weighted by Gasteiger charge is 1.98. The van der Waals surface area contributed by atoms with E-state index in [1.807, 2.05) is 61.6 Å². The van der Waals surface area contributed by atoms with Crippen molar-refractivity contribution in [3.63, 3.8) is 0 Å². The lowest BCUT2D eigenvalue weighted by Crippen LogP contribution is -2.03. The first-order valence-electron chi connectivity index (χ1n) is 8.54. The van der Waals surface area contributed by atoms with Gasteiger partial charge in [-0.2, -0.15) is 10.2 Å². The van der Waals surface area contributed by atoms with Crippen molar-refractivity contribution in [2.45, 2.75) is 81.3 Å². The van der Waals surface area contributed by atoms with E-state index in [1.165, 1.54) is 11.4 Å². The average Bonchev–Trinajstić information content (AvgIpc) is 3.14. The zero-order valence-corrected chi connectivity index (χ0v) is 16.1. The van der Waals surface area contributed by atoms with E-state index in [2.05, 4.69) is 44.8 Å². The molecule has 4 heteroatoms. The van der Waals surface area contributed by atoms with Gasteiger partial charge in [0.05, 0.1) is 0 Å². The van der Waals surface area contributed by atoms with E-state index in [9.17, 15) is 0 Å². The number of aryl methyl sites for hydroxylation is 3. The molecule has 0 fully saturated rings. The second kappa shape index (κ2) is 14.4. The molecular weight excluding hydrogens is 272 g/mol. The van der Waals surface area contributed by atoms with Gasteiger partial charge in [-0.05, 0) is 46.2 Å². The zero-order chi connectivity index (χ0) is 17.5. The topological polar surface area (TPSA) is 35.6 Å². The van der Waals surface area contributed by atoms with Crippen molar-refractivity contribution in [1.29, 1.82) is 0 Å². The van der Waals surface area contributed by atoms with Crippen molar-refractivity contribution in [2.24, 2.45) is 0 Å². The lowest BCUT2D eigenvalue weighted by atomic mass is 10.4. The highest BCUT2D eigenvalue weighted by Crippen LogP contribution is 2.04. The molecule has 4 nitrogen and oxygen atoms in total. The second-order valence-corrected chi connectivity index (χ2v) is 4.71. The van der Waals surface area contributed by atoms with Crippen LogP contribution >= 0.6 is 0 Å². The van der Waals surface area contributed by atoms with Gasteiger partial charge in [0.1, 0.15) is 0 Å². The first-order valence-corrected chi connectivity index (χ1v) is 8.54. The molecule has 0 amide bonds. The summed E-state index contributed by atoms with van der Waals surface area (Å²) in [6.45, 7) is 19.6. The Morgan fingerprint density at radius 1 is 0.909 bits per heavy atom. The van der Waals surface area contributed by atoms with Gasteiger partial charge < -0.3 is 0 Å². The summed E-state index contributed by atoms with van der Waals surface area (Å²) in [5, 5.41) is 8.25. The lowest BCUT2D eigenvalue weighted by Gasteiger charge is -2.06. The van der Waals surface area contributed by atoms with E-state index in [0.29, 0.717) is 6.04 Å². The Hall–Kier alpha value is -1.58. The summed E-state index contributed by atoms with van der Waals surface area (Å²) < 4.78 is 4.01.